The number of amides is 2. The Bertz CT molecular complexity index is 919. The molecule has 30 heavy (non-hydrogen) atoms. The first-order chi connectivity index (χ1) is 14.4. The van der Waals surface area contributed by atoms with Gasteiger partial charge < -0.3 is 16.0 Å². The van der Waals surface area contributed by atoms with Gasteiger partial charge in [-0.05, 0) is 49.8 Å². The van der Waals surface area contributed by atoms with Crippen LogP contribution in [0.4, 0.5) is 10.7 Å². The van der Waals surface area contributed by atoms with Gasteiger partial charge in [0, 0.05) is 36.7 Å². The van der Waals surface area contributed by atoms with E-state index in [1.165, 1.54) is 21.9 Å². The molecule has 0 saturated carbocycles. The number of hydrogen-bond acceptors (Lipinski definition) is 5. The number of carbonyl (C=O) groups excluding carboxylic acids is 2. The highest BCUT2D eigenvalue weighted by Crippen LogP contribution is 2.39. The quantitative estimate of drug-likeness (QED) is 0.770. The number of thiophene rings is 1. The molecule has 2 unspecified atom stereocenters. The van der Waals surface area contributed by atoms with E-state index in [-0.39, 0.29) is 11.9 Å². The average molecular weight is 427 g/mol. The third-order valence-electron chi connectivity index (χ3n) is 6.36. The second-order valence-electron chi connectivity index (χ2n) is 8.44. The molecule has 2 amide bonds. The van der Waals surface area contributed by atoms with Crippen LogP contribution in [0.25, 0.3) is 0 Å². The SMILES string of the molecule is CC1CCc2c(sc(NC(=O)C(C)N3CCN(c4ccccc4)CC3)c2C(N)=O)C1. The van der Waals surface area contributed by atoms with E-state index in [0.29, 0.717) is 16.5 Å². The first-order valence-electron chi connectivity index (χ1n) is 10.7. The summed E-state index contributed by atoms with van der Waals surface area (Å²) in [6, 6.07) is 10.1. The Morgan fingerprint density at radius 1 is 1.17 bits per heavy atom. The Balaban J connectivity index is 1.41. The van der Waals surface area contributed by atoms with Crippen molar-refractivity contribution in [3.63, 3.8) is 0 Å². The van der Waals surface area contributed by atoms with Gasteiger partial charge in [0.2, 0.25) is 5.91 Å². The number of rotatable bonds is 5. The Labute approximate surface area is 182 Å². The van der Waals surface area contributed by atoms with Gasteiger partial charge in [-0.2, -0.15) is 0 Å². The van der Waals surface area contributed by atoms with Gasteiger partial charge in [-0.25, -0.2) is 0 Å². The third-order valence-corrected chi connectivity index (χ3v) is 7.53. The molecule has 6 nitrogen and oxygen atoms in total. The first kappa shape index (κ1) is 20.9. The molecule has 2 aliphatic rings. The van der Waals surface area contributed by atoms with Crippen LogP contribution in [0.1, 0.15) is 41.1 Å². The normalized spacial score (nSPS) is 20.5. The summed E-state index contributed by atoms with van der Waals surface area (Å²) < 4.78 is 0. The van der Waals surface area contributed by atoms with Crippen LogP contribution >= 0.6 is 11.3 Å². The van der Waals surface area contributed by atoms with E-state index in [9.17, 15) is 9.59 Å². The monoisotopic (exact) mass is 426 g/mol. The van der Waals surface area contributed by atoms with E-state index < -0.39 is 5.91 Å². The Hall–Kier alpha value is -2.38. The molecule has 2 heterocycles. The topological polar surface area (TPSA) is 78.7 Å². The van der Waals surface area contributed by atoms with Crippen LogP contribution in [0.5, 0.6) is 0 Å². The fraction of sp³-hybridized carbons (Fsp3) is 0.478. The highest BCUT2D eigenvalue weighted by molar-refractivity contribution is 7.17. The van der Waals surface area contributed by atoms with Gasteiger partial charge in [0.15, 0.2) is 0 Å². The zero-order valence-corrected chi connectivity index (χ0v) is 18.5. The molecule has 2 atom stereocenters. The number of para-hydroxylation sites is 1. The molecule has 3 N–H and O–H groups in total. The summed E-state index contributed by atoms with van der Waals surface area (Å²) in [5.41, 5.74) is 8.48. The number of hydrogen-bond donors (Lipinski definition) is 2. The minimum absolute atomic E-state index is 0.0719. The number of fused-ring (bicyclic) bond motifs is 1. The van der Waals surface area contributed by atoms with Crippen LogP contribution < -0.4 is 16.0 Å². The van der Waals surface area contributed by atoms with Crippen molar-refractivity contribution in [3.8, 4) is 0 Å². The summed E-state index contributed by atoms with van der Waals surface area (Å²) in [6.45, 7) is 7.59. The maximum absolute atomic E-state index is 13.0. The number of carbonyl (C=O) groups is 2. The van der Waals surface area contributed by atoms with E-state index in [4.69, 9.17) is 5.73 Å². The second kappa shape index (κ2) is 8.78. The van der Waals surface area contributed by atoms with E-state index in [0.717, 1.165) is 51.0 Å². The van der Waals surface area contributed by atoms with Crippen LogP contribution in [0.2, 0.25) is 0 Å². The largest absolute Gasteiger partial charge is 0.369 e. The Morgan fingerprint density at radius 3 is 2.53 bits per heavy atom. The van der Waals surface area contributed by atoms with Crippen LogP contribution in [0.15, 0.2) is 30.3 Å². The van der Waals surface area contributed by atoms with Gasteiger partial charge in [0.05, 0.1) is 11.6 Å². The van der Waals surface area contributed by atoms with Crippen molar-refractivity contribution >= 4 is 33.8 Å². The predicted octanol–water partition coefficient (Wildman–Crippen LogP) is 3.12. The highest BCUT2D eigenvalue weighted by Gasteiger charge is 2.30. The number of nitrogens with two attached hydrogens (primary N) is 1. The number of benzene rings is 1. The third kappa shape index (κ3) is 4.23. The molecular weight excluding hydrogens is 396 g/mol. The minimum Gasteiger partial charge on any atom is -0.369 e. The van der Waals surface area contributed by atoms with Gasteiger partial charge in [-0.3, -0.25) is 14.5 Å². The molecule has 1 saturated heterocycles. The molecule has 0 spiro atoms. The number of nitrogens with zero attached hydrogens (tertiary/aromatic N) is 2. The van der Waals surface area contributed by atoms with Crippen molar-refractivity contribution in [1.82, 2.24) is 4.90 Å². The molecule has 1 aromatic heterocycles. The average Bonchev–Trinajstić information content (AvgIpc) is 3.11. The number of anilines is 2. The van der Waals surface area contributed by atoms with Crippen molar-refractivity contribution < 1.29 is 9.59 Å². The van der Waals surface area contributed by atoms with Crippen LogP contribution in [-0.4, -0.2) is 48.9 Å². The lowest BCUT2D eigenvalue weighted by Gasteiger charge is -2.38. The van der Waals surface area contributed by atoms with Gasteiger partial charge in [0.25, 0.3) is 5.91 Å². The van der Waals surface area contributed by atoms with Gasteiger partial charge >= 0.3 is 0 Å². The van der Waals surface area contributed by atoms with Crippen LogP contribution in [0, 0.1) is 5.92 Å². The molecule has 1 aliphatic heterocycles. The second-order valence-corrected chi connectivity index (χ2v) is 9.55. The Kier molecular flexibility index (Phi) is 6.11. The van der Waals surface area contributed by atoms with Crippen LogP contribution in [0.3, 0.4) is 0 Å². The molecule has 4 rings (SSSR count). The summed E-state index contributed by atoms with van der Waals surface area (Å²) in [4.78, 5) is 30.9. The van der Waals surface area contributed by atoms with Crippen molar-refractivity contribution in [3.05, 3.63) is 46.3 Å². The van der Waals surface area contributed by atoms with E-state index >= 15 is 0 Å². The van der Waals surface area contributed by atoms with Crippen LogP contribution in [-0.2, 0) is 17.6 Å². The number of nitrogens with one attached hydrogen (secondary N) is 1. The predicted molar refractivity (Wildman–Crippen MR) is 122 cm³/mol. The van der Waals surface area contributed by atoms with E-state index in [1.807, 2.05) is 13.0 Å². The number of primary amides is 1. The smallest absolute Gasteiger partial charge is 0.251 e. The van der Waals surface area contributed by atoms with E-state index in [2.05, 4.69) is 46.3 Å². The molecule has 0 radical (unpaired) electrons. The molecule has 7 heteroatoms. The lowest BCUT2D eigenvalue weighted by Crippen LogP contribution is -2.52. The van der Waals surface area contributed by atoms with Gasteiger partial charge in [-0.15, -0.1) is 11.3 Å². The Morgan fingerprint density at radius 2 is 1.87 bits per heavy atom. The van der Waals surface area contributed by atoms with Crippen molar-refractivity contribution in [2.45, 2.75) is 39.2 Å². The minimum atomic E-state index is -0.443. The lowest BCUT2D eigenvalue weighted by molar-refractivity contribution is -0.120. The highest BCUT2D eigenvalue weighted by atomic mass is 32.1. The van der Waals surface area contributed by atoms with E-state index in [1.54, 1.807) is 0 Å². The fourth-order valence-electron chi connectivity index (χ4n) is 4.49. The van der Waals surface area contributed by atoms with Gasteiger partial charge in [-0.1, -0.05) is 25.1 Å². The summed E-state index contributed by atoms with van der Waals surface area (Å²) in [6.07, 6.45) is 2.87. The molecule has 1 aliphatic carbocycles. The maximum Gasteiger partial charge on any atom is 0.251 e. The maximum atomic E-state index is 13.0. The van der Waals surface area contributed by atoms with Crippen molar-refractivity contribution in [2.75, 3.05) is 36.4 Å². The standard InChI is InChI=1S/C23H30N4O2S/c1-15-8-9-18-19(14-15)30-23(20(18)21(24)28)25-22(29)16(2)26-10-12-27(13-11-26)17-6-4-3-5-7-17/h3-7,15-16H,8-14H2,1-2H3,(H2,24,28)(H,25,29). The van der Waals surface area contributed by atoms with Gasteiger partial charge in [0.1, 0.15) is 5.00 Å². The molecule has 160 valence electrons. The summed E-state index contributed by atoms with van der Waals surface area (Å²) in [7, 11) is 0. The molecule has 1 fully saturated rings. The molecule has 2 aromatic rings. The summed E-state index contributed by atoms with van der Waals surface area (Å²) >= 11 is 1.52. The molecular formula is C23H30N4O2S. The first-order valence-corrected chi connectivity index (χ1v) is 11.5. The van der Waals surface area contributed by atoms with Crippen molar-refractivity contribution in [1.29, 1.82) is 0 Å². The lowest BCUT2D eigenvalue weighted by atomic mass is 9.88. The van der Waals surface area contributed by atoms with Crippen molar-refractivity contribution in [2.24, 2.45) is 11.7 Å². The zero-order chi connectivity index (χ0) is 21.3. The summed E-state index contributed by atoms with van der Waals surface area (Å²) in [5, 5.41) is 3.65. The zero-order valence-electron chi connectivity index (χ0n) is 17.7. The molecule has 1 aromatic carbocycles. The fourth-order valence-corrected chi connectivity index (χ4v) is 5.91. The number of piperazine rings is 1. The molecule has 0 bridgehead atoms. The summed E-state index contributed by atoms with van der Waals surface area (Å²) in [5.74, 6) is 0.0825.